The summed E-state index contributed by atoms with van der Waals surface area (Å²) in [5, 5.41) is 10.5. The molecule has 1 aromatic carbocycles. The summed E-state index contributed by atoms with van der Waals surface area (Å²) < 4.78 is 20.4. The fourth-order valence-corrected chi connectivity index (χ4v) is 3.04. The number of hydrogen-bond acceptors (Lipinski definition) is 8. The lowest BCUT2D eigenvalue weighted by molar-refractivity contribution is -0.140. The van der Waals surface area contributed by atoms with Crippen LogP contribution >= 0.6 is 0 Å². The van der Waals surface area contributed by atoms with Crippen molar-refractivity contribution >= 4 is 16.9 Å². The van der Waals surface area contributed by atoms with Crippen LogP contribution in [-0.2, 0) is 9.53 Å². The van der Waals surface area contributed by atoms with Gasteiger partial charge in [0.2, 0.25) is 0 Å². The van der Waals surface area contributed by atoms with Gasteiger partial charge >= 0.3 is 11.6 Å². The summed E-state index contributed by atoms with van der Waals surface area (Å²) in [6.45, 7) is 1.50. The highest BCUT2D eigenvalue weighted by Crippen LogP contribution is 2.32. The van der Waals surface area contributed by atoms with Crippen molar-refractivity contribution in [1.82, 2.24) is 0 Å². The van der Waals surface area contributed by atoms with Crippen molar-refractivity contribution in [1.29, 1.82) is 0 Å². The van der Waals surface area contributed by atoms with Crippen LogP contribution in [0.4, 0.5) is 0 Å². The second-order valence-corrected chi connectivity index (χ2v) is 6.16. The second kappa shape index (κ2) is 7.59. The zero-order chi connectivity index (χ0) is 20.4. The summed E-state index contributed by atoms with van der Waals surface area (Å²) in [4.78, 5) is 37.4. The molecule has 0 unspecified atom stereocenters. The maximum atomic E-state index is 13.1. The van der Waals surface area contributed by atoms with Crippen molar-refractivity contribution < 1.29 is 28.2 Å². The molecule has 0 amide bonds. The molecular weight excluding hydrogens is 368 g/mol. The quantitative estimate of drug-likeness (QED) is 0.665. The van der Waals surface area contributed by atoms with Crippen LogP contribution in [0.2, 0.25) is 0 Å². The van der Waals surface area contributed by atoms with E-state index in [1.165, 1.54) is 39.5 Å². The number of carbonyl (C=O) groups excluding carboxylic acids is 1. The molecule has 0 aliphatic heterocycles. The van der Waals surface area contributed by atoms with Crippen LogP contribution in [0.3, 0.4) is 0 Å². The van der Waals surface area contributed by atoms with Crippen molar-refractivity contribution in [3.63, 3.8) is 0 Å². The van der Waals surface area contributed by atoms with Crippen LogP contribution in [0.25, 0.3) is 11.0 Å². The number of carbonyl (C=O) groups is 1. The van der Waals surface area contributed by atoms with E-state index in [1.54, 1.807) is 12.1 Å². The van der Waals surface area contributed by atoms with Gasteiger partial charge in [-0.25, -0.2) is 4.79 Å². The van der Waals surface area contributed by atoms with Gasteiger partial charge in [0, 0.05) is 17.5 Å². The van der Waals surface area contributed by atoms with Gasteiger partial charge in [0.05, 0.1) is 37.9 Å². The van der Waals surface area contributed by atoms with Gasteiger partial charge in [0.25, 0.3) is 0 Å². The molecule has 0 saturated carbocycles. The van der Waals surface area contributed by atoms with Gasteiger partial charge in [-0.1, -0.05) is 0 Å². The maximum Gasteiger partial charge on any atom is 0.343 e. The lowest BCUT2D eigenvalue weighted by atomic mass is 9.89. The Kier molecular flexibility index (Phi) is 5.21. The van der Waals surface area contributed by atoms with Crippen molar-refractivity contribution in [3.8, 4) is 11.5 Å². The van der Waals surface area contributed by atoms with Gasteiger partial charge in [-0.3, -0.25) is 9.59 Å². The molecule has 8 nitrogen and oxygen atoms in total. The Hall–Kier alpha value is -3.55. The van der Waals surface area contributed by atoms with E-state index in [-0.39, 0.29) is 34.4 Å². The number of rotatable bonds is 5. The monoisotopic (exact) mass is 386 g/mol. The molecule has 0 fully saturated rings. The minimum atomic E-state index is -1.11. The molecule has 146 valence electrons. The highest BCUT2D eigenvalue weighted by Gasteiger charge is 2.29. The number of esters is 1. The van der Waals surface area contributed by atoms with Crippen LogP contribution in [0.1, 0.15) is 29.2 Å². The van der Waals surface area contributed by atoms with Gasteiger partial charge in [0.1, 0.15) is 22.8 Å². The Morgan fingerprint density at radius 2 is 1.96 bits per heavy atom. The third-order valence-electron chi connectivity index (χ3n) is 4.42. The molecule has 0 saturated heterocycles. The minimum Gasteiger partial charge on any atom is -0.507 e. The number of fused-ring (bicyclic) bond motifs is 1. The van der Waals surface area contributed by atoms with E-state index in [4.69, 9.17) is 13.6 Å². The summed E-state index contributed by atoms with van der Waals surface area (Å²) in [6, 6.07) is 5.95. The zero-order valence-corrected chi connectivity index (χ0v) is 15.5. The third-order valence-corrected chi connectivity index (χ3v) is 4.42. The minimum absolute atomic E-state index is 0.0117. The van der Waals surface area contributed by atoms with Gasteiger partial charge < -0.3 is 23.4 Å². The topological polar surface area (TPSA) is 116 Å². The molecule has 8 heteroatoms. The van der Waals surface area contributed by atoms with E-state index in [2.05, 4.69) is 4.74 Å². The fraction of sp³-hybridized carbons (Fsp3) is 0.250. The highest BCUT2D eigenvalue weighted by atomic mass is 16.5. The largest absolute Gasteiger partial charge is 0.507 e. The van der Waals surface area contributed by atoms with Gasteiger partial charge in [0.15, 0.2) is 5.43 Å². The predicted molar refractivity (Wildman–Crippen MR) is 98.9 cm³/mol. The third kappa shape index (κ3) is 3.48. The lowest BCUT2D eigenvalue weighted by Crippen LogP contribution is -2.23. The van der Waals surface area contributed by atoms with E-state index in [1.807, 2.05) is 0 Å². The Morgan fingerprint density at radius 1 is 1.21 bits per heavy atom. The zero-order valence-electron chi connectivity index (χ0n) is 15.5. The van der Waals surface area contributed by atoms with Crippen LogP contribution in [0.15, 0.2) is 49.0 Å². The molecule has 2 aromatic heterocycles. The van der Waals surface area contributed by atoms with E-state index in [9.17, 15) is 19.5 Å². The molecule has 0 aliphatic carbocycles. The normalized spacial score (nSPS) is 12.0. The second-order valence-electron chi connectivity index (χ2n) is 6.16. The van der Waals surface area contributed by atoms with Gasteiger partial charge in [-0.05, 0) is 25.1 Å². The Balaban J connectivity index is 2.27. The molecule has 0 radical (unpaired) electrons. The molecule has 1 atom stereocenters. The van der Waals surface area contributed by atoms with Crippen molar-refractivity contribution in [3.05, 3.63) is 68.1 Å². The smallest absolute Gasteiger partial charge is 0.343 e. The molecule has 1 N–H and O–H groups in total. The number of benzene rings is 1. The molecule has 0 aliphatic rings. The molecule has 3 aromatic rings. The highest BCUT2D eigenvalue weighted by molar-refractivity contribution is 5.79. The van der Waals surface area contributed by atoms with Crippen LogP contribution in [0, 0.1) is 6.92 Å². The summed E-state index contributed by atoms with van der Waals surface area (Å²) in [5.41, 5.74) is -1.21. The van der Waals surface area contributed by atoms with Crippen molar-refractivity contribution in [2.45, 2.75) is 19.3 Å². The average molecular weight is 386 g/mol. The maximum absolute atomic E-state index is 13.1. The molecule has 28 heavy (non-hydrogen) atoms. The number of hydrogen-bond donors (Lipinski definition) is 1. The lowest BCUT2D eigenvalue weighted by Gasteiger charge is -2.16. The molecule has 2 heterocycles. The molecule has 3 rings (SSSR count). The van der Waals surface area contributed by atoms with Crippen LogP contribution in [-0.4, -0.2) is 25.3 Å². The van der Waals surface area contributed by atoms with Gasteiger partial charge in [-0.2, -0.15) is 0 Å². The van der Waals surface area contributed by atoms with Crippen LogP contribution < -0.4 is 15.8 Å². The van der Waals surface area contributed by atoms with E-state index < -0.39 is 22.9 Å². The van der Waals surface area contributed by atoms with Crippen molar-refractivity contribution in [2.24, 2.45) is 0 Å². The summed E-state index contributed by atoms with van der Waals surface area (Å²) in [5.74, 6) is -1.53. The number of aryl methyl sites for hydroxylation is 1. The standard InChI is InChI=1S/C20H18O8/c1-10-6-15(21)18(20(24)28-10)12(8-17(22)26-3)14-9-27-16-5-4-11(25-2)7-13(16)19(14)23/h4-7,9,12,21H,8H2,1-3H3/t12-/m1/s1. The number of ether oxygens (including phenoxy) is 2. The molecule has 0 bridgehead atoms. The predicted octanol–water partition coefficient (Wildman–Crippen LogP) is 2.46. The van der Waals surface area contributed by atoms with E-state index in [0.717, 1.165) is 0 Å². The van der Waals surface area contributed by atoms with Crippen LogP contribution in [0.5, 0.6) is 11.5 Å². The number of aromatic hydroxyl groups is 1. The van der Waals surface area contributed by atoms with Gasteiger partial charge in [-0.15, -0.1) is 0 Å². The first-order valence-corrected chi connectivity index (χ1v) is 8.35. The first-order chi connectivity index (χ1) is 13.3. The average Bonchev–Trinajstić information content (AvgIpc) is 2.66. The Labute approximate surface area is 158 Å². The van der Waals surface area contributed by atoms with E-state index >= 15 is 0 Å². The molecule has 0 spiro atoms. The molecular formula is C20H18O8. The first-order valence-electron chi connectivity index (χ1n) is 8.35. The van der Waals surface area contributed by atoms with Crippen molar-refractivity contribution in [2.75, 3.05) is 14.2 Å². The fourth-order valence-electron chi connectivity index (χ4n) is 3.04. The number of methoxy groups -OCH3 is 2. The van der Waals surface area contributed by atoms with E-state index in [0.29, 0.717) is 11.3 Å². The summed E-state index contributed by atoms with van der Waals surface area (Å²) >= 11 is 0. The summed E-state index contributed by atoms with van der Waals surface area (Å²) in [7, 11) is 2.65. The Bertz CT molecular complexity index is 1160. The SMILES string of the molecule is COC(=O)C[C@@H](c1c(O)cc(C)oc1=O)c1coc2ccc(OC)cc2c1=O. The Morgan fingerprint density at radius 3 is 2.61 bits per heavy atom. The summed E-state index contributed by atoms with van der Waals surface area (Å²) in [6.07, 6.45) is 0.807. The first kappa shape index (κ1) is 19.2.